The molecule has 154 valence electrons. The van der Waals surface area contributed by atoms with Crippen LogP contribution in [0.1, 0.15) is 94.1 Å². The molecule has 28 heavy (non-hydrogen) atoms. The van der Waals surface area contributed by atoms with Gasteiger partial charge in [-0.2, -0.15) is 0 Å². The smallest absolute Gasteiger partial charge is 0.339 e. The molecule has 3 atom stereocenters. The Labute approximate surface area is 168 Å². The van der Waals surface area contributed by atoms with Gasteiger partial charge in [0.2, 0.25) is 0 Å². The van der Waals surface area contributed by atoms with Gasteiger partial charge in [-0.1, -0.05) is 38.3 Å². The highest BCUT2D eigenvalue weighted by atomic mass is 16.5. The molecule has 0 fully saturated rings. The summed E-state index contributed by atoms with van der Waals surface area (Å²) in [7, 11) is 0. The average Bonchev–Trinajstić information content (AvgIpc) is 2.59. The molecule has 2 N–H and O–H groups in total. The van der Waals surface area contributed by atoms with Gasteiger partial charge in [-0.3, -0.25) is 0 Å². The number of rotatable bonds is 6. The maximum absolute atomic E-state index is 12.0. The van der Waals surface area contributed by atoms with E-state index in [1.807, 2.05) is 6.07 Å². The summed E-state index contributed by atoms with van der Waals surface area (Å²) in [6.45, 7) is 10.7. The van der Waals surface area contributed by atoms with Crippen LogP contribution in [0, 0.1) is 11.8 Å². The first-order valence-corrected chi connectivity index (χ1v) is 10.6. The third-order valence-electron chi connectivity index (χ3n) is 6.78. The van der Waals surface area contributed by atoms with Gasteiger partial charge >= 0.3 is 5.97 Å². The van der Waals surface area contributed by atoms with Crippen molar-refractivity contribution in [2.75, 3.05) is 0 Å². The minimum atomic E-state index is -1.06. The third kappa shape index (κ3) is 3.78. The molecule has 1 heterocycles. The molecule has 0 amide bonds. The number of benzene rings is 1. The molecular formula is C24H34O4. The number of carboxylic acids is 1. The van der Waals surface area contributed by atoms with Gasteiger partial charge in [-0.15, -0.1) is 0 Å². The second kappa shape index (κ2) is 7.81. The van der Waals surface area contributed by atoms with Crippen LogP contribution < -0.4 is 4.74 Å². The molecule has 1 aromatic rings. The average molecular weight is 387 g/mol. The Morgan fingerprint density at radius 2 is 2.11 bits per heavy atom. The number of allylic oxidation sites excluding steroid dienone is 2. The summed E-state index contributed by atoms with van der Waals surface area (Å²) in [4.78, 5) is 12.0. The van der Waals surface area contributed by atoms with Gasteiger partial charge in [0.05, 0.1) is 0 Å². The number of hydrogen-bond donors (Lipinski definition) is 2. The van der Waals surface area contributed by atoms with Gasteiger partial charge in [0.25, 0.3) is 0 Å². The number of carboxylic acid groups (broad SMARTS) is 1. The number of ether oxygens (including phenoxy) is 1. The highest BCUT2D eigenvalue weighted by Gasteiger charge is 2.46. The molecule has 1 aliphatic carbocycles. The summed E-state index contributed by atoms with van der Waals surface area (Å²) >= 11 is 0. The summed E-state index contributed by atoms with van der Waals surface area (Å²) in [5, 5.41) is 20.9. The van der Waals surface area contributed by atoms with Gasteiger partial charge in [0.1, 0.15) is 22.7 Å². The van der Waals surface area contributed by atoms with Crippen LogP contribution in [-0.2, 0) is 6.42 Å². The van der Waals surface area contributed by atoms with Crippen molar-refractivity contribution in [2.24, 2.45) is 11.8 Å². The summed E-state index contributed by atoms with van der Waals surface area (Å²) in [5.74, 6) is 0.341. The highest BCUT2D eigenvalue weighted by Crippen LogP contribution is 2.54. The number of hydrogen-bond acceptors (Lipinski definition) is 3. The van der Waals surface area contributed by atoms with Crippen molar-refractivity contribution >= 4 is 5.97 Å². The van der Waals surface area contributed by atoms with E-state index in [0.717, 1.165) is 32.1 Å². The molecule has 4 nitrogen and oxygen atoms in total. The minimum Gasteiger partial charge on any atom is -0.507 e. The molecule has 1 aliphatic heterocycles. The van der Waals surface area contributed by atoms with E-state index in [2.05, 4.69) is 40.7 Å². The normalized spacial score (nSPS) is 23.8. The lowest BCUT2D eigenvalue weighted by molar-refractivity contribution is 0.0106. The van der Waals surface area contributed by atoms with E-state index >= 15 is 0 Å². The molecule has 0 saturated carbocycles. The Bertz CT molecular complexity index is 790. The van der Waals surface area contributed by atoms with Crippen molar-refractivity contribution in [3.63, 3.8) is 0 Å². The van der Waals surface area contributed by atoms with Crippen LogP contribution in [0.25, 0.3) is 0 Å². The molecule has 4 heteroatoms. The molecule has 0 saturated heterocycles. The first kappa shape index (κ1) is 20.8. The van der Waals surface area contributed by atoms with Crippen molar-refractivity contribution in [3.05, 3.63) is 34.4 Å². The molecule has 0 bridgehead atoms. The van der Waals surface area contributed by atoms with E-state index in [4.69, 9.17) is 4.74 Å². The molecule has 0 aromatic heterocycles. The zero-order valence-electron chi connectivity index (χ0n) is 17.8. The standard InChI is InChI=1S/C24H34O4/c1-6-14(2)8-7-9-16-13-19-21(22(25)20(16)23(26)27)17-12-15(3)10-11-18(17)24(4,5)28-19/h12-14,17-18,25H,6-11H2,1-5H3,(H,26,27)/t14?,17-,18?/m1/s1. The second-order valence-electron chi connectivity index (χ2n) is 9.27. The monoisotopic (exact) mass is 386 g/mol. The molecule has 1 aromatic carbocycles. The van der Waals surface area contributed by atoms with E-state index in [9.17, 15) is 15.0 Å². The second-order valence-corrected chi connectivity index (χ2v) is 9.27. The van der Waals surface area contributed by atoms with Crippen LogP contribution in [0.2, 0.25) is 0 Å². The fraction of sp³-hybridized carbons (Fsp3) is 0.625. The van der Waals surface area contributed by atoms with Gasteiger partial charge in [-0.05, 0) is 64.0 Å². The maximum Gasteiger partial charge on any atom is 0.339 e. The van der Waals surface area contributed by atoms with Crippen molar-refractivity contribution in [2.45, 2.75) is 84.7 Å². The summed E-state index contributed by atoms with van der Waals surface area (Å²) in [6.07, 6.45) is 7.91. The van der Waals surface area contributed by atoms with E-state index < -0.39 is 5.97 Å². The van der Waals surface area contributed by atoms with Crippen LogP contribution in [0.4, 0.5) is 0 Å². The van der Waals surface area contributed by atoms with Gasteiger partial charge < -0.3 is 14.9 Å². The predicted molar refractivity (Wildman–Crippen MR) is 111 cm³/mol. The Hall–Kier alpha value is -1.97. The van der Waals surface area contributed by atoms with Crippen LogP contribution in [0.5, 0.6) is 11.5 Å². The van der Waals surface area contributed by atoms with E-state index in [1.54, 1.807) is 0 Å². The third-order valence-corrected chi connectivity index (χ3v) is 6.78. The van der Waals surface area contributed by atoms with Crippen LogP contribution in [0.3, 0.4) is 0 Å². The maximum atomic E-state index is 12.0. The summed E-state index contributed by atoms with van der Waals surface area (Å²) in [6, 6.07) is 1.88. The lowest BCUT2D eigenvalue weighted by Crippen LogP contribution is -2.45. The Kier molecular flexibility index (Phi) is 5.79. The Balaban J connectivity index is 2.06. The number of carbonyl (C=O) groups is 1. The molecule has 0 spiro atoms. The quantitative estimate of drug-likeness (QED) is 0.582. The fourth-order valence-corrected chi connectivity index (χ4v) is 4.89. The molecule has 0 radical (unpaired) electrons. The van der Waals surface area contributed by atoms with Gasteiger partial charge in [-0.25, -0.2) is 4.79 Å². The van der Waals surface area contributed by atoms with E-state index in [0.29, 0.717) is 29.2 Å². The zero-order valence-corrected chi connectivity index (χ0v) is 17.8. The Morgan fingerprint density at radius 3 is 2.75 bits per heavy atom. The number of fused-ring (bicyclic) bond motifs is 3. The molecular weight excluding hydrogens is 352 g/mol. The lowest BCUT2D eigenvalue weighted by atomic mass is 9.67. The predicted octanol–water partition coefficient (Wildman–Crippen LogP) is 6.07. The van der Waals surface area contributed by atoms with Crippen LogP contribution >= 0.6 is 0 Å². The number of phenols is 1. The van der Waals surface area contributed by atoms with Crippen molar-refractivity contribution in [1.29, 1.82) is 0 Å². The molecule has 2 aliphatic rings. The largest absolute Gasteiger partial charge is 0.507 e. The first-order valence-electron chi connectivity index (χ1n) is 10.6. The first-order chi connectivity index (χ1) is 13.2. The summed E-state index contributed by atoms with van der Waals surface area (Å²) < 4.78 is 6.35. The van der Waals surface area contributed by atoms with Gasteiger partial charge in [0.15, 0.2) is 0 Å². The fourth-order valence-electron chi connectivity index (χ4n) is 4.89. The minimum absolute atomic E-state index is 0.000219. The number of aromatic hydroxyl groups is 1. The van der Waals surface area contributed by atoms with Crippen molar-refractivity contribution in [3.8, 4) is 11.5 Å². The SMILES string of the molecule is CCC(C)CCCc1cc2c(c(O)c1C(=O)O)[C@@H]1C=C(C)CCC1C(C)(C)O2. The topological polar surface area (TPSA) is 66.8 Å². The van der Waals surface area contributed by atoms with Crippen LogP contribution in [0.15, 0.2) is 17.7 Å². The van der Waals surface area contributed by atoms with E-state index in [1.165, 1.54) is 5.57 Å². The van der Waals surface area contributed by atoms with Crippen LogP contribution in [-0.4, -0.2) is 21.8 Å². The molecule has 3 rings (SSSR count). The summed E-state index contributed by atoms with van der Waals surface area (Å²) in [5.41, 5.74) is 2.34. The zero-order chi connectivity index (χ0) is 20.6. The van der Waals surface area contributed by atoms with Gasteiger partial charge in [0, 0.05) is 17.4 Å². The number of aryl methyl sites for hydroxylation is 1. The highest BCUT2D eigenvalue weighted by molar-refractivity contribution is 5.94. The van der Waals surface area contributed by atoms with Crippen molar-refractivity contribution in [1.82, 2.24) is 0 Å². The van der Waals surface area contributed by atoms with E-state index in [-0.39, 0.29) is 28.7 Å². The number of aromatic carboxylic acids is 1. The molecule has 2 unspecified atom stereocenters. The lowest BCUT2D eigenvalue weighted by Gasteiger charge is -2.46. The van der Waals surface area contributed by atoms with Crippen molar-refractivity contribution < 1.29 is 19.7 Å². The Morgan fingerprint density at radius 1 is 1.39 bits per heavy atom.